The van der Waals surface area contributed by atoms with Crippen molar-refractivity contribution in [1.82, 2.24) is 0 Å². The fourth-order valence-electron chi connectivity index (χ4n) is 1.27. The molecule has 0 N–H and O–H groups in total. The zero-order valence-electron chi connectivity index (χ0n) is 9.18. The molecule has 0 aromatic heterocycles. The molecule has 3 heteroatoms. The highest BCUT2D eigenvalue weighted by Gasteiger charge is 2.01. The van der Waals surface area contributed by atoms with Gasteiger partial charge in [0.05, 0.1) is 6.61 Å². The minimum atomic E-state index is -0.367. The largest absolute Gasteiger partial charge is 0.463 e. The second-order valence-electron chi connectivity index (χ2n) is 3.25. The van der Waals surface area contributed by atoms with E-state index in [0.29, 0.717) is 18.6 Å². The van der Waals surface area contributed by atoms with Crippen LogP contribution in [0.2, 0.25) is 0 Å². The van der Waals surface area contributed by atoms with Gasteiger partial charge in [0, 0.05) is 12.5 Å². The SMILES string of the molecule is CCOC(=O)/C=C/C1=CC=CC=C(C=O)C1. The molecule has 0 saturated carbocycles. The summed E-state index contributed by atoms with van der Waals surface area (Å²) in [6.07, 6.45) is 11.7. The molecule has 0 radical (unpaired) electrons. The normalized spacial score (nSPS) is 15.3. The van der Waals surface area contributed by atoms with Gasteiger partial charge in [0.2, 0.25) is 0 Å². The number of allylic oxidation sites excluding steroid dienone is 7. The van der Waals surface area contributed by atoms with Gasteiger partial charge < -0.3 is 4.74 Å². The van der Waals surface area contributed by atoms with Gasteiger partial charge in [0.15, 0.2) is 0 Å². The Kier molecular flexibility index (Phi) is 4.99. The maximum absolute atomic E-state index is 11.1. The maximum atomic E-state index is 11.1. The Balaban J connectivity index is 2.64. The minimum Gasteiger partial charge on any atom is -0.463 e. The van der Waals surface area contributed by atoms with Crippen LogP contribution in [0, 0.1) is 0 Å². The molecule has 1 rings (SSSR count). The molecular weight excluding hydrogens is 204 g/mol. The smallest absolute Gasteiger partial charge is 0.330 e. The van der Waals surface area contributed by atoms with Crippen LogP contribution in [0.5, 0.6) is 0 Å². The van der Waals surface area contributed by atoms with E-state index in [-0.39, 0.29) is 5.97 Å². The lowest BCUT2D eigenvalue weighted by molar-refractivity contribution is -0.137. The molecule has 0 bridgehead atoms. The summed E-state index contributed by atoms with van der Waals surface area (Å²) in [6.45, 7) is 2.12. The van der Waals surface area contributed by atoms with Crippen molar-refractivity contribution in [2.45, 2.75) is 13.3 Å². The molecule has 1 aliphatic rings. The van der Waals surface area contributed by atoms with Crippen LogP contribution in [0.15, 0.2) is 47.6 Å². The minimum absolute atomic E-state index is 0.363. The maximum Gasteiger partial charge on any atom is 0.330 e. The summed E-state index contributed by atoms with van der Waals surface area (Å²) in [7, 11) is 0. The summed E-state index contributed by atoms with van der Waals surface area (Å²) in [5.74, 6) is -0.367. The average Bonchev–Trinajstić information content (AvgIpc) is 2.51. The van der Waals surface area contributed by atoms with Gasteiger partial charge >= 0.3 is 5.97 Å². The predicted octanol–water partition coefficient (Wildman–Crippen LogP) is 2.12. The lowest BCUT2D eigenvalue weighted by atomic mass is 10.1. The van der Waals surface area contributed by atoms with Crippen LogP contribution in [-0.4, -0.2) is 18.9 Å². The van der Waals surface area contributed by atoms with Gasteiger partial charge in [-0.05, 0) is 18.1 Å². The van der Waals surface area contributed by atoms with Crippen molar-refractivity contribution >= 4 is 12.3 Å². The quantitative estimate of drug-likeness (QED) is 0.412. The highest BCUT2D eigenvalue weighted by Crippen LogP contribution is 2.14. The van der Waals surface area contributed by atoms with Crippen molar-refractivity contribution in [1.29, 1.82) is 0 Å². The standard InChI is InChI=1S/C13H14O3/c1-2-16-13(15)8-7-11-5-3-4-6-12(9-11)10-14/h3-8,10H,2,9H2,1H3/b8-7+. The van der Waals surface area contributed by atoms with Crippen molar-refractivity contribution in [3.63, 3.8) is 0 Å². The zero-order valence-corrected chi connectivity index (χ0v) is 9.18. The molecule has 0 aromatic carbocycles. The Morgan fingerprint density at radius 3 is 2.69 bits per heavy atom. The summed E-state index contributed by atoms with van der Waals surface area (Å²) >= 11 is 0. The van der Waals surface area contributed by atoms with Gasteiger partial charge in [-0.25, -0.2) is 4.79 Å². The zero-order chi connectivity index (χ0) is 11.8. The summed E-state index contributed by atoms with van der Waals surface area (Å²) < 4.78 is 4.76. The van der Waals surface area contributed by atoms with Gasteiger partial charge in [-0.15, -0.1) is 0 Å². The molecule has 0 heterocycles. The summed E-state index contributed by atoms with van der Waals surface area (Å²) in [6, 6.07) is 0. The van der Waals surface area contributed by atoms with Crippen LogP contribution in [0.25, 0.3) is 0 Å². The van der Waals surface area contributed by atoms with Crippen molar-refractivity contribution in [3.05, 3.63) is 47.6 Å². The Labute approximate surface area is 94.8 Å². The molecule has 0 atom stereocenters. The molecule has 0 unspecified atom stereocenters. The summed E-state index contributed by atoms with van der Waals surface area (Å²) in [5, 5.41) is 0. The summed E-state index contributed by atoms with van der Waals surface area (Å²) in [5.41, 5.74) is 1.59. The topological polar surface area (TPSA) is 43.4 Å². The molecule has 1 aliphatic carbocycles. The Bertz CT molecular complexity index is 384. The Morgan fingerprint density at radius 2 is 2.06 bits per heavy atom. The molecule has 0 saturated heterocycles. The van der Waals surface area contributed by atoms with Crippen molar-refractivity contribution in [2.24, 2.45) is 0 Å². The lowest BCUT2D eigenvalue weighted by Gasteiger charge is -1.99. The van der Waals surface area contributed by atoms with E-state index in [4.69, 9.17) is 4.74 Å². The monoisotopic (exact) mass is 218 g/mol. The number of ether oxygens (including phenoxy) is 1. The van der Waals surface area contributed by atoms with Crippen molar-refractivity contribution < 1.29 is 14.3 Å². The molecular formula is C13H14O3. The molecule has 0 amide bonds. The van der Waals surface area contributed by atoms with Gasteiger partial charge in [-0.2, -0.15) is 0 Å². The first-order chi connectivity index (χ1) is 7.76. The fraction of sp³-hybridized carbons (Fsp3) is 0.231. The number of hydrogen-bond acceptors (Lipinski definition) is 3. The Morgan fingerprint density at radius 1 is 1.38 bits per heavy atom. The fourth-order valence-corrected chi connectivity index (χ4v) is 1.27. The van der Waals surface area contributed by atoms with E-state index >= 15 is 0 Å². The number of aldehydes is 1. The molecule has 0 aromatic rings. The van der Waals surface area contributed by atoms with E-state index < -0.39 is 0 Å². The van der Waals surface area contributed by atoms with Crippen LogP contribution >= 0.6 is 0 Å². The number of rotatable bonds is 4. The first-order valence-electron chi connectivity index (χ1n) is 5.12. The first-order valence-corrected chi connectivity index (χ1v) is 5.12. The van der Waals surface area contributed by atoms with Gasteiger partial charge in [0.1, 0.15) is 6.29 Å². The molecule has 3 nitrogen and oxygen atoms in total. The van der Waals surface area contributed by atoms with E-state index in [9.17, 15) is 9.59 Å². The number of esters is 1. The second-order valence-corrected chi connectivity index (χ2v) is 3.25. The van der Waals surface area contributed by atoms with E-state index in [1.807, 2.05) is 12.2 Å². The first kappa shape index (κ1) is 12.2. The van der Waals surface area contributed by atoms with E-state index in [0.717, 1.165) is 11.9 Å². The predicted molar refractivity (Wildman–Crippen MR) is 61.8 cm³/mol. The number of carbonyl (C=O) groups is 2. The Hall–Kier alpha value is -1.90. The van der Waals surface area contributed by atoms with Gasteiger partial charge in [-0.1, -0.05) is 30.4 Å². The van der Waals surface area contributed by atoms with Crippen molar-refractivity contribution in [3.8, 4) is 0 Å². The van der Waals surface area contributed by atoms with Crippen LogP contribution in [0.1, 0.15) is 13.3 Å². The average molecular weight is 218 g/mol. The van der Waals surface area contributed by atoms with E-state index in [2.05, 4.69) is 0 Å². The third kappa shape index (κ3) is 4.09. The molecule has 0 spiro atoms. The highest BCUT2D eigenvalue weighted by molar-refractivity contribution is 5.83. The van der Waals surface area contributed by atoms with Crippen LogP contribution in [0.4, 0.5) is 0 Å². The van der Waals surface area contributed by atoms with E-state index in [1.54, 1.807) is 25.2 Å². The molecule has 0 aliphatic heterocycles. The van der Waals surface area contributed by atoms with Crippen LogP contribution in [-0.2, 0) is 14.3 Å². The lowest BCUT2D eigenvalue weighted by Crippen LogP contribution is -1.99. The van der Waals surface area contributed by atoms with Gasteiger partial charge in [0.25, 0.3) is 0 Å². The second kappa shape index (κ2) is 6.56. The number of carbonyl (C=O) groups excluding carboxylic acids is 2. The third-order valence-corrected chi connectivity index (χ3v) is 2.01. The third-order valence-electron chi connectivity index (χ3n) is 2.01. The summed E-state index contributed by atoms with van der Waals surface area (Å²) in [4.78, 5) is 21.7. The van der Waals surface area contributed by atoms with Crippen LogP contribution in [0.3, 0.4) is 0 Å². The molecule has 84 valence electrons. The highest BCUT2D eigenvalue weighted by atomic mass is 16.5. The van der Waals surface area contributed by atoms with Crippen molar-refractivity contribution in [2.75, 3.05) is 6.61 Å². The molecule has 16 heavy (non-hydrogen) atoms. The van der Waals surface area contributed by atoms with Gasteiger partial charge in [-0.3, -0.25) is 4.79 Å². The van der Waals surface area contributed by atoms with Crippen LogP contribution < -0.4 is 0 Å². The molecule has 0 fully saturated rings. The van der Waals surface area contributed by atoms with E-state index in [1.165, 1.54) is 6.08 Å². The number of hydrogen-bond donors (Lipinski definition) is 0.